The van der Waals surface area contributed by atoms with E-state index in [0.717, 1.165) is 54.5 Å². The Bertz CT molecular complexity index is 2890. The number of aliphatic hydroxyl groups is 2. The van der Waals surface area contributed by atoms with Gasteiger partial charge >= 0.3 is 11.9 Å². The van der Waals surface area contributed by atoms with Crippen LogP contribution < -0.4 is 9.47 Å². The van der Waals surface area contributed by atoms with Crippen LogP contribution in [0.25, 0.3) is 43.4 Å². The lowest BCUT2D eigenvalue weighted by atomic mass is 9.83. The fourth-order valence-corrected chi connectivity index (χ4v) is 9.79. The molecule has 6 aromatic carbocycles. The minimum atomic E-state index is -1.16. The number of fused-ring (bicyclic) bond motifs is 4. The molecule has 2 aliphatic rings. The first-order valence-corrected chi connectivity index (χ1v) is 23.1. The van der Waals surface area contributed by atoms with Crippen LogP contribution in [0.3, 0.4) is 0 Å². The molecule has 14 heteroatoms. The van der Waals surface area contributed by atoms with Crippen molar-refractivity contribution in [1.82, 2.24) is 19.8 Å². The van der Waals surface area contributed by atoms with Crippen molar-refractivity contribution >= 4 is 55.3 Å². The number of carbonyl (C=O) groups excluding carboxylic acids is 2. The van der Waals surface area contributed by atoms with Crippen molar-refractivity contribution in [2.24, 2.45) is 0 Å². The van der Waals surface area contributed by atoms with E-state index in [-0.39, 0.29) is 37.8 Å². The van der Waals surface area contributed by atoms with Crippen LogP contribution in [0.2, 0.25) is 0 Å². The quantitative estimate of drug-likeness (QED) is 0.0463. The zero-order valence-corrected chi connectivity index (χ0v) is 37.5. The Kier molecular flexibility index (Phi) is 12.4. The van der Waals surface area contributed by atoms with Gasteiger partial charge in [0, 0.05) is 73.5 Å². The van der Waals surface area contributed by atoms with Gasteiger partial charge in [0.2, 0.25) is 0 Å². The van der Waals surface area contributed by atoms with E-state index in [1.807, 2.05) is 109 Å². The van der Waals surface area contributed by atoms with E-state index in [0.29, 0.717) is 63.4 Å². The number of aromatic hydroxyl groups is 2. The van der Waals surface area contributed by atoms with E-state index in [9.17, 15) is 30.0 Å². The number of carbonyl (C=O) groups is 2. The van der Waals surface area contributed by atoms with Crippen LogP contribution in [0.15, 0.2) is 134 Å². The summed E-state index contributed by atoms with van der Waals surface area (Å²) in [6.45, 7) is 2.31. The molecule has 14 nitrogen and oxygen atoms in total. The molecule has 0 radical (unpaired) electrons. The van der Waals surface area contributed by atoms with Crippen molar-refractivity contribution in [3.8, 4) is 23.0 Å². The average molecular weight is 919 g/mol. The van der Waals surface area contributed by atoms with Gasteiger partial charge in [0.1, 0.15) is 48.4 Å². The van der Waals surface area contributed by atoms with Crippen LogP contribution in [0, 0.1) is 0 Å². The lowest BCUT2D eigenvalue weighted by Crippen LogP contribution is -2.48. The van der Waals surface area contributed by atoms with Crippen molar-refractivity contribution in [3.63, 3.8) is 0 Å². The smallest absolute Gasteiger partial charge is 0.417 e. The van der Waals surface area contributed by atoms with Crippen LogP contribution in [0.4, 0.5) is 0 Å². The summed E-state index contributed by atoms with van der Waals surface area (Å²) in [5.74, 6) is -0.780. The van der Waals surface area contributed by atoms with Crippen LogP contribution >= 0.6 is 0 Å². The molecule has 0 spiro atoms. The molecule has 2 fully saturated rings. The molecular formula is C54H54N4O10. The Morgan fingerprint density at radius 3 is 1.35 bits per heavy atom. The summed E-state index contributed by atoms with van der Waals surface area (Å²) in [4.78, 5) is 38.3. The van der Waals surface area contributed by atoms with E-state index in [2.05, 4.69) is 19.8 Å². The number of benzene rings is 6. The third-order valence-electron chi connectivity index (χ3n) is 13.7. The van der Waals surface area contributed by atoms with Crippen LogP contribution in [0.1, 0.15) is 36.8 Å². The summed E-state index contributed by atoms with van der Waals surface area (Å²) >= 11 is 0. The number of hydrogen-bond donors (Lipinski definition) is 6. The molecule has 2 aromatic heterocycles. The number of esters is 2. The van der Waals surface area contributed by atoms with E-state index in [4.69, 9.17) is 18.9 Å². The summed E-state index contributed by atoms with van der Waals surface area (Å²) in [6.07, 6.45) is 3.55. The number of rotatable bonds is 14. The Balaban J connectivity index is 0.823. The Labute approximate surface area is 392 Å². The van der Waals surface area contributed by atoms with Crippen molar-refractivity contribution in [3.05, 3.63) is 145 Å². The molecule has 6 N–H and O–H groups in total. The van der Waals surface area contributed by atoms with Gasteiger partial charge in [0.15, 0.2) is 0 Å². The zero-order valence-electron chi connectivity index (χ0n) is 37.5. The van der Waals surface area contributed by atoms with Crippen molar-refractivity contribution in [2.75, 3.05) is 52.5 Å². The lowest BCUT2D eigenvalue weighted by Gasteiger charge is -2.39. The highest BCUT2D eigenvalue weighted by Gasteiger charge is 2.38. The monoisotopic (exact) mass is 918 g/mol. The average Bonchev–Trinajstić information content (AvgIpc) is 4.05. The summed E-state index contributed by atoms with van der Waals surface area (Å²) in [7, 11) is 0. The number of piperidine rings is 2. The predicted octanol–water partition coefficient (Wildman–Crippen LogP) is 7.62. The standard InChI is InChI=1S/C54H54N4O10/c59-41-13-9-35-27-39(11-7-37(35)29-41)53(63)17-23-57(24-18-53)31-43(33-65-49-5-1-3-47-45(49)15-21-55-47)67-51(61)52(62)68-44(34-66-50-6-2-4-48-46(50)16-22-56-48)32-58-25-19-54(64,20-26-58)40-12-8-38-30-42(60)14-10-36(38)28-40/h1-16,21-22,27-30,43-44,55-56,59-60,63-64H,17-20,23-26,31-34H2/t43-,44-/m0/s1. The fourth-order valence-electron chi connectivity index (χ4n) is 9.79. The maximum Gasteiger partial charge on any atom is 0.417 e. The fraction of sp³-hybridized carbons (Fsp3) is 0.296. The molecule has 4 heterocycles. The second-order valence-electron chi connectivity index (χ2n) is 18.2. The molecule has 8 aromatic rings. The predicted molar refractivity (Wildman–Crippen MR) is 258 cm³/mol. The topological polar surface area (TPSA) is 190 Å². The maximum atomic E-state index is 13.9. The summed E-state index contributed by atoms with van der Waals surface area (Å²) in [5, 5.41) is 48.9. The van der Waals surface area contributed by atoms with Gasteiger partial charge in [-0.1, -0.05) is 48.5 Å². The molecule has 2 aliphatic heterocycles. The molecule has 0 amide bonds. The van der Waals surface area contributed by atoms with Gasteiger partial charge in [0.05, 0.1) is 11.2 Å². The number of phenols is 2. The summed E-state index contributed by atoms with van der Waals surface area (Å²) in [5.41, 5.74) is 1.18. The number of aromatic amines is 2. The number of aromatic nitrogens is 2. The van der Waals surface area contributed by atoms with Crippen molar-refractivity contribution in [1.29, 1.82) is 0 Å². The Morgan fingerprint density at radius 2 is 0.926 bits per heavy atom. The summed E-state index contributed by atoms with van der Waals surface area (Å²) < 4.78 is 24.5. The van der Waals surface area contributed by atoms with Crippen LogP contribution in [-0.4, -0.2) is 117 Å². The van der Waals surface area contributed by atoms with Gasteiger partial charge in [0.25, 0.3) is 0 Å². The number of ether oxygens (including phenoxy) is 4. The van der Waals surface area contributed by atoms with Gasteiger partial charge in [-0.25, -0.2) is 9.59 Å². The molecule has 68 heavy (non-hydrogen) atoms. The van der Waals surface area contributed by atoms with Crippen LogP contribution in [-0.2, 0) is 30.3 Å². The Morgan fingerprint density at radius 1 is 0.529 bits per heavy atom. The highest BCUT2D eigenvalue weighted by Crippen LogP contribution is 2.37. The molecule has 2 saturated heterocycles. The maximum absolute atomic E-state index is 13.9. The number of nitrogens with one attached hydrogen (secondary N) is 2. The van der Waals surface area contributed by atoms with Gasteiger partial charge < -0.3 is 49.3 Å². The first kappa shape index (κ1) is 44.7. The number of nitrogens with zero attached hydrogens (tertiary/aromatic N) is 2. The Hall–Kier alpha value is -7.10. The van der Waals surface area contributed by atoms with Gasteiger partial charge in [-0.3, -0.25) is 9.80 Å². The number of hydrogen-bond acceptors (Lipinski definition) is 12. The molecule has 350 valence electrons. The molecule has 0 aliphatic carbocycles. The second kappa shape index (κ2) is 18.9. The normalized spacial score (nSPS) is 17.3. The number of H-pyrrole nitrogens is 2. The minimum absolute atomic E-state index is 0.0504. The molecule has 10 rings (SSSR count). The second-order valence-corrected chi connectivity index (χ2v) is 18.2. The molecule has 2 atom stereocenters. The molecule has 0 bridgehead atoms. The first-order valence-electron chi connectivity index (χ1n) is 23.1. The lowest BCUT2D eigenvalue weighted by molar-refractivity contribution is -0.177. The molecular weight excluding hydrogens is 865 g/mol. The highest BCUT2D eigenvalue weighted by molar-refractivity contribution is 6.29. The van der Waals surface area contributed by atoms with E-state index in [1.54, 1.807) is 24.3 Å². The number of phenolic OH excluding ortho intramolecular Hbond substituents is 2. The van der Waals surface area contributed by atoms with Crippen molar-refractivity contribution in [2.45, 2.75) is 49.1 Å². The summed E-state index contributed by atoms with van der Waals surface area (Å²) in [6, 6.07) is 36.9. The van der Waals surface area contributed by atoms with Gasteiger partial charge in [-0.15, -0.1) is 0 Å². The number of likely N-dealkylation sites (tertiary alicyclic amines) is 2. The van der Waals surface area contributed by atoms with Gasteiger partial charge in [-0.2, -0.15) is 0 Å². The van der Waals surface area contributed by atoms with Crippen LogP contribution in [0.5, 0.6) is 23.0 Å². The largest absolute Gasteiger partial charge is 0.508 e. The first-order chi connectivity index (χ1) is 33.0. The SMILES string of the molecule is O=C(O[C@H](COc1cccc2[nH]ccc12)CN1CCC(O)(c2ccc3cc(O)ccc3c2)CC1)C(=O)O[C@H](COc1cccc2[nH]ccc12)CN1CCC(O)(c2ccc3cc(O)ccc3c2)CC1. The molecule has 0 unspecified atom stereocenters. The van der Waals surface area contributed by atoms with Gasteiger partial charge in [-0.05, 0) is 131 Å². The minimum Gasteiger partial charge on any atom is -0.508 e. The molecule has 0 saturated carbocycles. The van der Waals surface area contributed by atoms with E-state index in [1.165, 1.54) is 0 Å². The van der Waals surface area contributed by atoms with E-state index >= 15 is 0 Å². The highest BCUT2D eigenvalue weighted by atomic mass is 16.6. The third kappa shape index (κ3) is 9.67. The third-order valence-corrected chi connectivity index (χ3v) is 13.7. The van der Waals surface area contributed by atoms with E-state index < -0.39 is 35.3 Å². The zero-order chi connectivity index (χ0) is 46.8. The van der Waals surface area contributed by atoms with Crippen molar-refractivity contribution < 1.29 is 49.0 Å².